The summed E-state index contributed by atoms with van der Waals surface area (Å²) in [5.74, 6) is 1.08. The fraction of sp³-hybridized carbons (Fsp3) is 0.227. The van der Waals surface area contributed by atoms with Gasteiger partial charge >= 0.3 is 11.9 Å². The van der Waals surface area contributed by atoms with Crippen LogP contribution in [0.5, 0.6) is 0 Å². The summed E-state index contributed by atoms with van der Waals surface area (Å²) in [6, 6.07) is 4.38. The van der Waals surface area contributed by atoms with Gasteiger partial charge in [0.2, 0.25) is 5.82 Å². The van der Waals surface area contributed by atoms with Crippen LogP contribution in [0.3, 0.4) is 0 Å². The Hall–Kier alpha value is -4.40. The predicted molar refractivity (Wildman–Crippen MR) is 126 cm³/mol. The van der Waals surface area contributed by atoms with E-state index in [-0.39, 0.29) is 22.9 Å². The van der Waals surface area contributed by atoms with Crippen LogP contribution in [0.1, 0.15) is 28.4 Å². The summed E-state index contributed by atoms with van der Waals surface area (Å²) in [4.78, 5) is 23.8. The Morgan fingerprint density at radius 1 is 1.16 bits per heavy atom. The van der Waals surface area contributed by atoms with Gasteiger partial charge in [-0.2, -0.15) is 18.3 Å². The first kappa shape index (κ1) is 23.0. The Labute approximate surface area is 208 Å². The quantitative estimate of drug-likeness (QED) is 0.224. The highest BCUT2D eigenvalue weighted by atomic mass is 32.1. The van der Waals surface area contributed by atoms with Crippen molar-refractivity contribution in [3.63, 3.8) is 0 Å². The zero-order valence-corrected chi connectivity index (χ0v) is 20.2. The van der Waals surface area contributed by atoms with Crippen LogP contribution in [0.25, 0.3) is 37.7 Å². The molecule has 0 amide bonds. The lowest BCUT2D eigenvalue weighted by atomic mass is 10.1. The van der Waals surface area contributed by atoms with E-state index in [9.17, 15) is 23.3 Å². The van der Waals surface area contributed by atoms with Crippen molar-refractivity contribution in [3.8, 4) is 11.6 Å². The van der Waals surface area contributed by atoms with Gasteiger partial charge in [0.25, 0.3) is 0 Å². The highest BCUT2D eigenvalue weighted by molar-refractivity contribution is 7.26. The van der Waals surface area contributed by atoms with Crippen LogP contribution < -0.4 is 0 Å². The molecule has 0 saturated heterocycles. The lowest BCUT2D eigenvalue weighted by molar-refractivity contribution is -0.386. The molecule has 188 valence electrons. The van der Waals surface area contributed by atoms with E-state index in [0.717, 1.165) is 17.4 Å². The van der Waals surface area contributed by atoms with Gasteiger partial charge in [0, 0.05) is 5.39 Å². The van der Waals surface area contributed by atoms with Crippen LogP contribution in [0.4, 0.5) is 18.9 Å². The van der Waals surface area contributed by atoms with Crippen molar-refractivity contribution < 1.29 is 22.5 Å². The minimum atomic E-state index is -4.56. The van der Waals surface area contributed by atoms with Crippen molar-refractivity contribution in [1.29, 1.82) is 0 Å². The van der Waals surface area contributed by atoms with Crippen LogP contribution in [-0.2, 0) is 12.7 Å². The SMILES string of the molecule is Cc1nn(Cc2ccc(-c3nc4c5sc6nc(C(F)(F)F)cc(C)c6c5ncn4n3)o2)c(C)c1[N+](=O)[O-]. The molecule has 6 aromatic heterocycles. The van der Waals surface area contributed by atoms with E-state index in [0.29, 0.717) is 49.7 Å². The molecule has 0 atom stereocenters. The maximum atomic E-state index is 13.3. The number of nitrogens with zero attached hydrogens (tertiary/aromatic N) is 8. The van der Waals surface area contributed by atoms with Gasteiger partial charge in [0.05, 0.1) is 17.0 Å². The molecule has 6 rings (SSSR count). The summed E-state index contributed by atoms with van der Waals surface area (Å²) < 4.78 is 49.2. The fourth-order valence-corrected chi connectivity index (χ4v) is 5.47. The molecule has 0 spiro atoms. The van der Waals surface area contributed by atoms with Crippen molar-refractivity contribution in [2.45, 2.75) is 33.5 Å². The van der Waals surface area contributed by atoms with Gasteiger partial charge in [-0.3, -0.25) is 14.8 Å². The highest BCUT2D eigenvalue weighted by Gasteiger charge is 2.34. The molecule has 6 aromatic rings. The molecule has 0 aliphatic heterocycles. The van der Waals surface area contributed by atoms with Crippen molar-refractivity contribution >= 4 is 43.1 Å². The molecular weight excluding hydrogens is 513 g/mol. The number of aromatic nitrogens is 7. The topological polar surface area (TPSA) is 130 Å². The molecule has 0 fully saturated rings. The first-order chi connectivity index (χ1) is 17.5. The van der Waals surface area contributed by atoms with Gasteiger partial charge in [0.1, 0.15) is 38.7 Å². The summed E-state index contributed by atoms with van der Waals surface area (Å²) in [6.45, 7) is 4.94. The number of aryl methyl sites for hydroxylation is 2. The summed E-state index contributed by atoms with van der Waals surface area (Å²) in [5, 5.41) is 20.4. The van der Waals surface area contributed by atoms with Crippen molar-refractivity contribution in [2.24, 2.45) is 0 Å². The Morgan fingerprint density at radius 3 is 2.65 bits per heavy atom. The van der Waals surface area contributed by atoms with E-state index in [2.05, 4.69) is 25.1 Å². The second kappa shape index (κ2) is 7.80. The Balaban J connectivity index is 1.40. The number of halogens is 3. The van der Waals surface area contributed by atoms with E-state index in [1.54, 1.807) is 32.9 Å². The summed E-state index contributed by atoms with van der Waals surface area (Å²) in [6.07, 6.45) is -3.12. The third kappa shape index (κ3) is 3.61. The number of thiophene rings is 1. The molecular formula is C22H15F3N8O3S. The molecule has 0 aromatic carbocycles. The van der Waals surface area contributed by atoms with E-state index < -0.39 is 16.8 Å². The monoisotopic (exact) mass is 528 g/mol. The lowest BCUT2D eigenvalue weighted by Crippen LogP contribution is -2.07. The Kier molecular flexibility index (Phi) is 4.85. The Bertz CT molecular complexity index is 1880. The second-order valence-electron chi connectivity index (χ2n) is 8.43. The second-order valence-corrected chi connectivity index (χ2v) is 9.43. The number of rotatable bonds is 4. The predicted octanol–water partition coefficient (Wildman–Crippen LogP) is 5.24. The number of furan rings is 1. The third-order valence-electron chi connectivity index (χ3n) is 5.97. The molecule has 0 bridgehead atoms. The van der Waals surface area contributed by atoms with Gasteiger partial charge in [0.15, 0.2) is 11.4 Å². The van der Waals surface area contributed by atoms with Crippen LogP contribution in [0.2, 0.25) is 0 Å². The normalized spacial score (nSPS) is 12.4. The maximum absolute atomic E-state index is 13.3. The molecule has 15 heteroatoms. The summed E-state index contributed by atoms with van der Waals surface area (Å²) >= 11 is 1.06. The largest absolute Gasteiger partial charge is 0.456 e. The van der Waals surface area contributed by atoms with Crippen molar-refractivity contribution in [2.75, 3.05) is 0 Å². The smallest absolute Gasteiger partial charge is 0.433 e. The average Bonchev–Trinajstić information content (AvgIpc) is 3.57. The molecule has 0 aliphatic rings. The minimum absolute atomic E-state index is 0.0410. The van der Waals surface area contributed by atoms with E-state index in [1.165, 1.54) is 15.5 Å². The van der Waals surface area contributed by atoms with Crippen molar-refractivity contribution in [3.05, 3.63) is 63.0 Å². The number of hydrogen-bond acceptors (Lipinski definition) is 9. The molecule has 0 N–H and O–H groups in total. The standard InChI is InChI=1S/C22H15F3N8O3S/c1-9-6-14(22(23,24)25)27-21-15(9)16-18(37-21)20-28-19(30-32(20)8-26-16)13-5-4-12(36-13)7-31-11(3)17(33(34)35)10(2)29-31/h4-6,8H,7H2,1-3H3. The number of nitro groups is 1. The number of alkyl halides is 3. The minimum Gasteiger partial charge on any atom is -0.456 e. The summed E-state index contributed by atoms with van der Waals surface area (Å²) in [7, 11) is 0. The first-order valence-corrected chi connectivity index (χ1v) is 11.6. The molecule has 37 heavy (non-hydrogen) atoms. The van der Waals surface area contributed by atoms with Crippen LogP contribution in [-0.4, -0.2) is 39.3 Å². The first-order valence-electron chi connectivity index (χ1n) is 10.8. The van der Waals surface area contributed by atoms with Crippen LogP contribution in [0, 0.1) is 30.9 Å². The van der Waals surface area contributed by atoms with E-state index >= 15 is 0 Å². The van der Waals surface area contributed by atoms with Gasteiger partial charge in [-0.1, -0.05) is 0 Å². The zero-order chi connectivity index (χ0) is 26.2. The molecule has 0 radical (unpaired) electrons. The summed E-state index contributed by atoms with van der Waals surface area (Å²) in [5.41, 5.74) is 1.03. The van der Waals surface area contributed by atoms with Gasteiger partial charge in [-0.05, 0) is 44.5 Å². The molecule has 6 heterocycles. The fourth-order valence-electron chi connectivity index (χ4n) is 4.30. The van der Waals surface area contributed by atoms with Gasteiger partial charge in [-0.15, -0.1) is 16.4 Å². The molecule has 11 nitrogen and oxygen atoms in total. The number of fused-ring (bicyclic) bond motifs is 5. The Morgan fingerprint density at radius 2 is 1.95 bits per heavy atom. The highest BCUT2D eigenvalue weighted by Crippen LogP contribution is 2.38. The van der Waals surface area contributed by atoms with Crippen molar-refractivity contribution in [1.82, 2.24) is 34.3 Å². The van der Waals surface area contributed by atoms with Gasteiger partial charge in [-0.25, -0.2) is 19.5 Å². The van der Waals surface area contributed by atoms with Crippen LogP contribution >= 0.6 is 11.3 Å². The molecule has 0 saturated carbocycles. The van der Waals surface area contributed by atoms with E-state index in [1.807, 2.05) is 0 Å². The molecule has 0 unspecified atom stereocenters. The van der Waals surface area contributed by atoms with Crippen LogP contribution in [0.15, 0.2) is 28.9 Å². The number of pyridine rings is 1. The number of hydrogen-bond donors (Lipinski definition) is 0. The zero-order valence-electron chi connectivity index (χ0n) is 19.4. The third-order valence-corrected chi connectivity index (χ3v) is 7.04. The lowest BCUT2D eigenvalue weighted by Gasteiger charge is -2.06. The van der Waals surface area contributed by atoms with Gasteiger partial charge < -0.3 is 4.42 Å². The van der Waals surface area contributed by atoms with E-state index in [4.69, 9.17) is 4.42 Å². The average molecular weight is 528 g/mol. The molecule has 0 aliphatic carbocycles. The maximum Gasteiger partial charge on any atom is 0.433 e.